The van der Waals surface area contributed by atoms with Crippen molar-refractivity contribution in [3.05, 3.63) is 35.4 Å². The van der Waals surface area contributed by atoms with Crippen LogP contribution in [0.3, 0.4) is 0 Å². The average molecular weight is 247 g/mol. The normalized spacial score (nSPS) is 24.1. The molecular formula is C15H21NS. The highest BCUT2D eigenvalue weighted by molar-refractivity contribution is 8.00. The van der Waals surface area contributed by atoms with Gasteiger partial charge >= 0.3 is 0 Å². The lowest BCUT2D eigenvalue weighted by Gasteiger charge is -2.10. The second-order valence-electron chi connectivity index (χ2n) is 5.29. The van der Waals surface area contributed by atoms with Gasteiger partial charge in [-0.3, -0.25) is 0 Å². The largest absolute Gasteiger partial charge is 0.312 e. The summed E-state index contributed by atoms with van der Waals surface area (Å²) in [5.41, 5.74) is 3.01. The van der Waals surface area contributed by atoms with Crippen molar-refractivity contribution in [3.63, 3.8) is 0 Å². The third-order valence-corrected chi connectivity index (χ3v) is 5.12. The van der Waals surface area contributed by atoms with E-state index in [1.807, 2.05) is 0 Å². The fourth-order valence-corrected chi connectivity index (χ4v) is 3.79. The summed E-state index contributed by atoms with van der Waals surface area (Å²) < 4.78 is 0. The van der Waals surface area contributed by atoms with Gasteiger partial charge in [0.05, 0.1) is 0 Å². The van der Waals surface area contributed by atoms with Crippen LogP contribution in [0.1, 0.15) is 42.7 Å². The van der Waals surface area contributed by atoms with Gasteiger partial charge in [-0.1, -0.05) is 24.3 Å². The molecule has 0 aromatic heterocycles. The van der Waals surface area contributed by atoms with Crippen molar-refractivity contribution in [2.75, 3.05) is 12.3 Å². The molecule has 1 nitrogen and oxygen atoms in total. The lowest BCUT2D eigenvalue weighted by molar-refractivity contribution is 0.645. The molecule has 0 bridgehead atoms. The van der Waals surface area contributed by atoms with Crippen LogP contribution in [0.25, 0.3) is 0 Å². The molecule has 92 valence electrons. The van der Waals surface area contributed by atoms with Gasteiger partial charge in [-0.25, -0.2) is 0 Å². The molecule has 2 aliphatic rings. The van der Waals surface area contributed by atoms with Crippen molar-refractivity contribution in [2.45, 2.75) is 43.4 Å². The van der Waals surface area contributed by atoms with E-state index in [0.29, 0.717) is 0 Å². The van der Waals surface area contributed by atoms with Crippen LogP contribution >= 0.6 is 11.8 Å². The summed E-state index contributed by atoms with van der Waals surface area (Å²) in [5, 5.41) is 4.47. The van der Waals surface area contributed by atoms with Gasteiger partial charge in [0, 0.05) is 18.3 Å². The minimum absolute atomic E-state index is 0.863. The van der Waals surface area contributed by atoms with Gasteiger partial charge in [0.25, 0.3) is 0 Å². The number of nitrogens with one attached hydrogen (secondary N) is 1. The quantitative estimate of drug-likeness (QED) is 0.854. The fourth-order valence-electron chi connectivity index (χ4n) is 2.56. The molecule has 1 unspecified atom stereocenters. The molecule has 1 saturated heterocycles. The molecule has 1 aliphatic carbocycles. The molecule has 0 radical (unpaired) electrons. The van der Waals surface area contributed by atoms with Crippen molar-refractivity contribution in [1.29, 1.82) is 0 Å². The van der Waals surface area contributed by atoms with E-state index in [-0.39, 0.29) is 0 Å². The van der Waals surface area contributed by atoms with Crippen LogP contribution in [-0.2, 0) is 6.54 Å². The number of thioether (sulfide) groups is 1. The third kappa shape index (κ3) is 3.26. The van der Waals surface area contributed by atoms with Crippen LogP contribution in [0.5, 0.6) is 0 Å². The number of hydrogen-bond acceptors (Lipinski definition) is 2. The smallest absolute Gasteiger partial charge is 0.0206 e. The zero-order chi connectivity index (χ0) is 11.5. The summed E-state index contributed by atoms with van der Waals surface area (Å²) in [6, 6.07) is 9.15. The van der Waals surface area contributed by atoms with Crippen molar-refractivity contribution < 1.29 is 0 Å². The maximum Gasteiger partial charge on any atom is 0.0206 e. The van der Waals surface area contributed by atoms with Gasteiger partial charge < -0.3 is 5.32 Å². The summed E-state index contributed by atoms with van der Waals surface area (Å²) in [5.74, 6) is 2.24. The summed E-state index contributed by atoms with van der Waals surface area (Å²) in [7, 11) is 0. The Balaban J connectivity index is 1.48. The fraction of sp³-hybridized carbons (Fsp3) is 0.600. The number of benzene rings is 1. The molecule has 3 rings (SSSR count). The van der Waals surface area contributed by atoms with E-state index in [4.69, 9.17) is 0 Å². The minimum atomic E-state index is 0.863. The first-order chi connectivity index (χ1) is 8.42. The molecule has 0 amide bonds. The molecular weight excluding hydrogens is 226 g/mol. The second-order valence-corrected chi connectivity index (χ2v) is 6.69. The highest BCUT2D eigenvalue weighted by atomic mass is 32.2. The molecule has 1 saturated carbocycles. The Hall–Kier alpha value is -0.470. The van der Waals surface area contributed by atoms with Gasteiger partial charge in [-0.15, -0.1) is 0 Å². The summed E-state index contributed by atoms with van der Waals surface area (Å²) >= 11 is 2.13. The first-order valence-corrected chi connectivity index (χ1v) is 7.88. The van der Waals surface area contributed by atoms with E-state index >= 15 is 0 Å². The average Bonchev–Trinajstić information content (AvgIpc) is 3.09. The van der Waals surface area contributed by atoms with Crippen molar-refractivity contribution >= 4 is 11.8 Å². The molecule has 2 heteroatoms. The van der Waals surface area contributed by atoms with Crippen LogP contribution in [-0.4, -0.2) is 17.5 Å². The van der Waals surface area contributed by atoms with Gasteiger partial charge in [0.1, 0.15) is 0 Å². The SMILES string of the molecule is c1cc(CNCC2CCCS2)cc(C2CC2)c1. The van der Waals surface area contributed by atoms with Crippen LogP contribution in [0.4, 0.5) is 0 Å². The molecule has 17 heavy (non-hydrogen) atoms. The van der Waals surface area contributed by atoms with Gasteiger partial charge in [-0.05, 0) is 48.5 Å². The zero-order valence-corrected chi connectivity index (χ0v) is 11.1. The predicted molar refractivity (Wildman–Crippen MR) is 75.6 cm³/mol. The molecule has 1 atom stereocenters. The van der Waals surface area contributed by atoms with Crippen LogP contribution < -0.4 is 5.32 Å². The third-order valence-electron chi connectivity index (χ3n) is 3.72. The summed E-state index contributed by atoms with van der Waals surface area (Å²) in [6.07, 6.45) is 5.61. The molecule has 1 aliphatic heterocycles. The van der Waals surface area contributed by atoms with E-state index in [2.05, 4.69) is 41.3 Å². The Kier molecular flexibility index (Phi) is 3.72. The molecule has 1 aromatic rings. The van der Waals surface area contributed by atoms with Crippen molar-refractivity contribution in [3.8, 4) is 0 Å². The first-order valence-electron chi connectivity index (χ1n) is 6.83. The lowest BCUT2D eigenvalue weighted by Crippen LogP contribution is -2.22. The Morgan fingerprint density at radius 3 is 2.94 bits per heavy atom. The molecule has 1 heterocycles. The standard InChI is InChI=1S/C15H21NS/c1-3-12(9-14(4-1)13-6-7-13)10-16-11-15-5-2-8-17-15/h1,3-4,9,13,15-16H,2,5-8,10-11H2. The first kappa shape index (κ1) is 11.6. The number of rotatable bonds is 5. The summed E-state index contributed by atoms with van der Waals surface area (Å²) in [6.45, 7) is 2.22. The Morgan fingerprint density at radius 2 is 2.18 bits per heavy atom. The van der Waals surface area contributed by atoms with Gasteiger partial charge in [0.15, 0.2) is 0 Å². The Morgan fingerprint density at radius 1 is 1.24 bits per heavy atom. The van der Waals surface area contributed by atoms with E-state index in [1.165, 1.54) is 43.5 Å². The molecule has 0 spiro atoms. The lowest BCUT2D eigenvalue weighted by atomic mass is 10.1. The number of hydrogen-bond donors (Lipinski definition) is 1. The van der Waals surface area contributed by atoms with E-state index in [1.54, 1.807) is 5.56 Å². The van der Waals surface area contributed by atoms with Crippen LogP contribution in [0, 0.1) is 0 Å². The second kappa shape index (κ2) is 5.45. The topological polar surface area (TPSA) is 12.0 Å². The van der Waals surface area contributed by atoms with Crippen molar-refractivity contribution in [2.24, 2.45) is 0 Å². The van der Waals surface area contributed by atoms with Crippen molar-refractivity contribution in [1.82, 2.24) is 5.32 Å². The Labute approximate surface area is 108 Å². The minimum Gasteiger partial charge on any atom is -0.312 e. The highest BCUT2D eigenvalue weighted by Gasteiger charge is 2.23. The maximum absolute atomic E-state index is 3.61. The van der Waals surface area contributed by atoms with Gasteiger partial charge in [0.2, 0.25) is 0 Å². The zero-order valence-electron chi connectivity index (χ0n) is 10.3. The highest BCUT2D eigenvalue weighted by Crippen LogP contribution is 2.40. The Bertz CT molecular complexity index is 367. The molecule has 2 fully saturated rings. The molecule has 1 aromatic carbocycles. The van der Waals surface area contributed by atoms with Crippen LogP contribution in [0.2, 0.25) is 0 Å². The van der Waals surface area contributed by atoms with E-state index in [9.17, 15) is 0 Å². The molecule has 1 N–H and O–H groups in total. The predicted octanol–water partition coefficient (Wildman–Crippen LogP) is 3.55. The van der Waals surface area contributed by atoms with E-state index < -0.39 is 0 Å². The maximum atomic E-state index is 3.61. The van der Waals surface area contributed by atoms with Crippen LogP contribution in [0.15, 0.2) is 24.3 Å². The van der Waals surface area contributed by atoms with Gasteiger partial charge in [-0.2, -0.15) is 11.8 Å². The summed E-state index contributed by atoms with van der Waals surface area (Å²) in [4.78, 5) is 0. The monoisotopic (exact) mass is 247 g/mol. The van der Waals surface area contributed by atoms with E-state index in [0.717, 1.165) is 17.7 Å².